The predicted octanol–water partition coefficient (Wildman–Crippen LogP) is 2.32. The first kappa shape index (κ1) is 22.3. The van der Waals surface area contributed by atoms with Crippen molar-refractivity contribution < 1.29 is 9.59 Å². The van der Waals surface area contributed by atoms with Crippen LogP contribution >= 0.6 is 23.1 Å². The molecule has 0 radical (unpaired) electrons. The molecule has 0 aromatic carbocycles. The fourth-order valence-electron chi connectivity index (χ4n) is 4.14. The number of fused-ring (bicyclic) bond motifs is 3. The van der Waals surface area contributed by atoms with Gasteiger partial charge in [0.05, 0.1) is 11.9 Å². The summed E-state index contributed by atoms with van der Waals surface area (Å²) in [5.74, 6) is 0.507. The lowest BCUT2D eigenvalue weighted by molar-refractivity contribution is -0.124. The minimum Gasteiger partial charge on any atom is -0.329 e. The van der Waals surface area contributed by atoms with Gasteiger partial charge >= 0.3 is 6.03 Å². The summed E-state index contributed by atoms with van der Waals surface area (Å²) in [6.45, 7) is 2.01. The molecule has 1 N–H and O–H groups in total. The molecule has 2 aromatic heterocycles. The second-order valence-corrected chi connectivity index (χ2v) is 10.5. The van der Waals surface area contributed by atoms with Crippen molar-refractivity contribution >= 4 is 45.3 Å². The molecule has 1 aliphatic carbocycles. The van der Waals surface area contributed by atoms with E-state index in [0.717, 1.165) is 47.6 Å². The van der Waals surface area contributed by atoms with Crippen LogP contribution in [0.4, 0.5) is 4.79 Å². The van der Waals surface area contributed by atoms with Crippen LogP contribution < -0.4 is 10.9 Å². The Morgan fingerprint density at radius 3 is 2.68 bits per heavy atom. The Labute approximate surface area is 190 Å². The molecular formula is C21H29N5O3S2. The summed E-state index contributed by atoms with van der Waals surface area (Å²) in [6.07, 6.45) is 5.88. The van der Waals surface area contributed by atoms with Gasteiger partial charge in [-0.2, -0.15) is 0 Å². The van der Waals surface area contributed by atoms with Gasteiger partial charge in [-0.15, -0.1) is 11.3 Å². The van der Waals surface area contributed by atoms with Gasteiger partial charge in [0.2, 0.25) is 5.91 Å². The topological polar surface area (TPSA) is 87.5 Å². The Morgan fingerprint density at radius 1 is 1.13 bits per heavy atom. The van der Waals surface area contributed by atoms with E-state index in [2.05, 4.69) is 10.2 Å². The number of urea groups is 1. The highest BCUT2D eigenvalue weighted by Gasteiger charge is 2.27. The molecule has 10 heteroatoms. The highest BCUT2D eigenvalue weighted by atomic mass is 32.2. The van der Waals surface area contributed by atoms with E-state index in [9.17, 15) is 14.4 Å². The molecule has 0 unspecified atom stereocenters. The minimum atomic E-state index is -0.320. The number of nitrogens with one attached hydrogen (secondary N) is 1. The molecule has 2 aromatic rings. The number of thioether (sulfide) groups is 1. The zero-order valence-corrected chi connectivity index (χ0v) is 19.7. The van der Waals surface area contributed by atoms with E-state index in [1.165, 1.54) is 21.8 Å². The molecule has 3 heterocycles. The first-order chi connectivity index (χ1) is 15.0. The lowest BCUT2D eigenvalue weighted by atomic mass is 9.97. The summed E-state index contributed by atoms with van der Waals surface area (Å²) < 4.78 is 1.84. The summed E-state index contributed by atoms with van der Waals surface area (Å²) in [4.78, 5) is 47.4. The van der Waals surface area contributed by atoms with Crippen LogP contribution in [0, 0.1) is 0 Å². The molecule has 1 saturated heterocycles. The maximum Gasteiger partial charge on any atom is 0.324 e. The summed E-state index contributed by atoms with van der Waals surface area (Å²) in [5.41, 5.74) is 1.31. The van der Waals surface area contributed by atoms with Crippen molar-refractivity contribution in [3.8, 4) is 0 Å². The van der Waals surface area contributed by atoms with Gasteiger partial charge in [0.1, 0.15) is 4.83 Å². The van der Waals surface area contributed by atoms with E-state index in [1.54, 1.807) is 23.1 Å². The normalized spacial score (nSPS) is 16.4. The number of amides is 3. The SMILES string of the molecule is CN(C)CCCn1c(SCCCN2C(=O)CNC2=O)nc2sc3c(c2c1=O)CCCC3. The van der Waals surface area contributed by atoms with Gasteiger partial charge < -0.3 is 10.2 Å². The molecule has 0 saturated carbocycles. The molecular weight excluding hydrogens is 434 g/mol. The van der Waals surface area contributed by atoms with Crippen molar-refractivity contribution in [2.24, 2.45) is 0 Å². The molecule has 3 amide bonds. The van der Waals surface area contributed by atoms with E-state index in [-0.39, 0.29) is 24.0 Å². The van der Waals surface area contributed by atoms with Gasteiger partial charge in [-0.05, 0) is 64.7 Å². The number of nitrogens with zero attached hydrogens (tertiary/aromatic N) is 4. The number of carbonyl (C=O) groups is 2. The molecule has 31 heavy (non-hydrogen) atoms. The van der Waals surface area contributed by atoms with Crippen molar-refractivity contribution in [3.05, 3.63) is 20.8 Å². The fourth-order valence-corrected chi connectivity index (χ4v) is 6.39. The average Bonchev–Trinajstić information content (AvgIpc) is 3.27. The van der Waals surface area contributed by atoms with Crippen LogP contribution in [0.15, 0.2) is 9.95 Å². The van der Waals surface area contributed by atoms with Crippen molar-refractivity contribution in [3.63, 3.8) is 0 Å². The largest absolute Gasteiger partial charge is 0.329 e. The molecule has 4 rings (SSSR count). The number of thiophene rings is 1. The highest BCUT2D eigenvalue weighted by molar-refractivity contribution is 7.99. The average molecular weight is 464 g/mol. The van der Waals surface area contributed by atoms with Crippen molar-refractivity contribution in [2.45, 2.75) is 50.2 Å². The standard InChI is InChI=1S/C21H29N5O3S2/c1-24(2)9-5-10-26-19(28)17-14-7-3-4-8-15(14)31-18(17)23-21(26)30-12-6-11-25-16(27)13-22-20(25)29/h3-13H2,1-2H3,(H,22,29). The fraction of sp³-hybridized carbons (Fsp3) is 0.619. The number of hydrogen-bond donors (Lipinski definition) is 1. The maximum absolute atomic E-state index is 13.5. The zero-order chi connectivity index (χ0) is 22.0. The molecule has 0 atom stereocenters. The lowest BCUT2D eigenvalue weighted by Crippen LogP contribution is -2.32. The first-order valence-electron chi connectivity index (χ1n) is 10.9. The smallest absolute Gasteiger partial charge is 0.324 e. The van der Waals surface area contributed by atoms with Crippen molar-refractivity contribution in [1.29, 1.82) is 0 Å². The van der Waals surface area contributed by atoms with Gasteiger partial charge in [-0.25, -0.2) is 9.78 Å². The van der Waals surface area contributed by atoms with E-state index in [4.69, 9.17) is 4.98 Å². The van der Waals surface area contributed by atoms with Gasteiger partial charge in [0.15, 0.2) is 5.16 Å². The van der Waals surface area contributed by atoms with E-state index < -0.39 is 0 Å². The summed E-state index contributed by atoms with van der Waals surface area (Å²) in [7, 11) is 4.07. The Morgan fingerprint density at radius 2 is 1.94 bits per heavy atom. The monoisotopic (exact) mass is 463 g/mol. The quantitative estimate of drug-likeness (QED) is 0.266. The molecule has 8 nitrogen and oxygen atoms in total. The third-order valence-corrected chi connectivity index (χ3v) is 7.97. The summed E-state index contributed by atoms with van der Waals surface area (Å²) >= 11 is 3.22. The number of rotatable bonds is 9. The number of carbonyl (C=O) groups excluding carboxylic acids is 2. The second-order valence-electron chi connectivity index (χ2n) is 8.31. The third kappa shape index (κ3) is 4.80. The Hall–Kier alpha value is -1.91. The van der Waals surface area contributed by atoms with E-state index in [0.29, 0.717) is 25.3 Å². The number of aromatic nitrogens is 2. The molecule has 1 aliphatic heterocycles. The van der Waals surface area contributed by atoms with Gasteiger partial charge in [0, 0.05) is 23.7 Å². The Bertz CT molecular complexity index is 1030. The predicted molar refractivity (Wildman–Crippen MR) is 124 cm³/mol. The van der Waals surface area contributed by atoms with E-state index >= 15 is 0 Å². The van der Waals surface area contributed by atoms with Crippen LogP contribution in [-0.4, -0.2) is 70.8 Å². The van der Waals surface area contributed by atoms with Crippen LogP contribution in [0.1, 0.15) is 36.1 Å². The molecule has 0 spiro atoms. The van der Waals surface area contributed by atoms with Crippen LogP contribution in [0.3, 0.4) is 0 Å². The minimum absolute atomic E-state index is 0.0820. The summed E-state index contributed by atoms with van der Waals surface area (Å²) in [6, 6.07) is -0.320. The Balaban J connectivity index is 1.54. The zero-order valence-electron chi connectivity index (χ0n) is 18.1. The Kier molecular flexibility index (Phi) is 6.98. The molecule has 168 valence electrons. The first-order valence-corrected chi connectivity index (χ1v) is 12.7. The molecule has 1 fully saturated rings. The van der Waals surface area contributed by atoms with Crippen LogP contribution in [0.2, 0.25) is 0 Å². The molecule has 0 bridgehead atoms. The van der Waals surface area contributed by atoms with Crippen LogP contribution in [0.25, 0.3) is 10.2 Å². The van der Waals surface area contributed by atoms with E-state index in [1.807, 2.05) is 18.7 Å². The van der Waals surface area contributed by atoms with Gasteiger partial charge in [-0.1, -0.05) is 11.8 Å². The van der Waals surface area contributed by atoms with Crippen LogP contribution in [0.5, 0.6) is 0 Å². The van der Waals surface area contributed by atoms with Gasteiger partial charge in [-0.3, -0.25) is 19.1 Å². The number of aryl methyl sites for hydroxylation is 2. The van der Waals surface area contributed by atoms with Crippen molar-refractivity contribution in [2.75, 3.05) is 39.5 Å². The second kappa shape index (κ2) is 9.70. The van der Waals surface area contributed by atoms with Gasteiger partial charge in [0.25, 0.3) is 5.56 Å². The van der Waals surface area contributed by atoms with Crippen LogP contribution in [-0.2, 0) is 24.2 Å². The summed E-state index contributed by atoms with van der Waals surface area (Å²) in [5, 5.41) is 4.11. The maximum atomic E-state index is 13.5. The van der Waals surface area contributed by atoms with Crippen molar-refractivity contribution in [1.82, 2.24) is 24.7 Å². The number of hydrogen-bond acceptors (Lipinski definition) is 7. The lowest BCUT2D eigenvalue weighted by Gasteiger charge is -2.15. The third-order valence-electron chi connectivity index (χ3n) is 5.72. The molecule has 2 aliphatic rings. The number of imide groups is 1. The highest BCUT2D eigenvalue weighted by Crippen LogP contribution is 2.34.